The van der Waals surface area contributed by atoms with Crippen LogP contribution in [0.2, 0.25) is 0 Å². The predicted molar refractivity (Wildman–Crippen MR) is 141 cm³/mol. The van der Waals surface area contributed by atoms with Gasteiger partial charge in [0.2, 0.25) is 11.8 Å². The van der Waals surface area contributed by atoms with Crippen molar-refractivity contribution in [2.24, 2.45) is 27.6 Å². The number of nitrogens with two attached hydrogens (primary N) is 1. The summed E-state index contributed by atoms with van der Waals surface area (Å²) in [5.41, 5.74) is 6.14. The van der Waals surface area contributed by atoms with Crippen molar-refractivity contribution in [3.63, 3.8) is 0 Å². The number of nitrogens with zero attached hydrogens (tertiary/aromatic N) is 3. The smallest absolute Gasteiger partial charge is 0.256 e. The van der Waals surface area contributed by atoms with Crippen LogP contribution in [0.4, 0.5) is 4.39 Å². The van der Waals surface area contributed by atoms with Gasteiger partial charge in [-0.2, -0.15) is 5.10 Å². The van der Waals surface area contributed by atoms with Crippen LogP contribution in [-0.2, 0) is 33.8 Å². The molecule has 0 spiro atoms. The van der Waals surface area contributed by atoms with Crippen LogP contribution in [0.3, 0.4) is 0 Å². The number of amides is 3. The molecule has 3 N–H and O–H groups in total. The highest BCUT2D eigenvalue weighted by Gasteiger charge is 2.54. The van der Waals surface area contributed by atoms with E-state index in [0.717, 1.165) is 11.3 Å². The molecular weight excluding hydrogens is 487 g/mol. The second kappa shape index (κ2) is 10.6. The molecule has 1 fully saturated rings. The summed E-state index contributed by atoms with van der Waals surface area (Å²) in [6.07, 6.45) is 1.25. The number of piperidine rings is 1. The topological polar surface area (TPSA) is 116 Å². The van der Waals surface area contributed by atoms with Crippen molar-refractivity contribution in [2.75, 3.05) is 20.1 Å². The maximum Gasteiger partial charge on any atom is 0.256 e. The summed E-state index contributed by atoms with van der Waals surface area (Å²) in [5.74, 6) is -2.36. The number of rotatable bonds is 9. The van der Waals surface area contributed by atoms with E-state index in [1.807, 2.05) is 30.3 Å². The Labute approximate surface area is 222 Å². The van der Waals surface area contributed by atoms with Gasteiger partial charge in [0.25, 0.3) is 5.91 Å². The summed E-state index contributed by atoms with van der Waals surface area (Å²) < 4.78 is 14.6. The third kappa shape index (κ3) is 5.07. The van der Waals surface area contributed by atoms with Crippen molar-refractivity contribution in [1.29, 1.82) is 0 Å². The molecule has 0 aromatic heterocycles. The summed E-state index contributed by atoms with van der Waals surface area (Å²) in [4.78, 5) is 41.6. The second-order valence-electron chi connectivity index (χ2n) is 10.9. The molecule has 8 nitrogen and oxygen atoms in total. The normalized spacial score (nSPS) is 20.2. The largest absolute Gasteiger partial charge is 0.392 e. The number of aryl methyl sites for hydroxylation is 1. The Morgan fingerprint density at radius 2 is 1.89 bits per heavy atom. The fourth-order valence-electron chi connectivity index (χ4n) is 5.59. The maximum absolute atomic E-state index is 14.6. The van der Waals surface area contributed by atoms with Crippen LogP contribution in [0.15, 0.2) is 53.6 Å². The summed E-state index contributed by atoms with van der Waals surface area (Å²) in [5, 5.41) is 15.1. The van der Waals surface area contributed by atoms with Gasteiger partial charge in [0.15, 0.2) is 0 Å². The van der Waals surface area contributed by atoms with Crippen molar-refractivity contribution >= 4 is 23.4 Å². The summed E-state index contributed by atoms with van der Waals surface area (Å²) in [6, 6.07) is 14.1. The zero-order valence-electron chi connectivity index (χ0n) is 22.1. The number of carbonyl (C=O) groups excluding carboxylic acids is 3. The van der Waals surface area contributed by atoms with Crippen LogP contribution >= 0.6 is 0 Å². The number of carbonyl (C=O) groups is 3. The van der Waals surface area contributed by atoms with Gasteiger partial charge in [-0.05, 0) is 42.0 Å². The van der Waals surface area contributed by atoms with Gasteiger partial charge >= 0.3 is 0 Å². The molecule has 4 rings (SSSR count). The molecule has 2 aliphatic rings. The highest BCUT2D eigenvalue weighted by molar-refractivity contribution is 6.13. The number of likely N-dealkylation sites (tertiary alicyclic amines) is 1. The molecule has 2 heterocycles. The molecule has 2 aliphatic heterocycles. The van der Waals surface area contributed by atoms with E-state index in [-0.39, 0.29) is 37.8 Å². The first-order valence-corrected chi connectivity index (χ1v) is 12.9. The number of benzene rings is 2. The molecule has 0 saturated carbocycles. The number of hydrogen-bond acceptors (Lipinski definition) is 5. The van der Waals surface area contributed by atoms with Gasteiger partial charge in [0.1, 0.15) is 11.2 Å². The van der Waals surface area contributed by atoms with Crippen LogP contribution in [0, 0.1) is 22.6 Å². The lowest BCUT2D eigenvalue weighted by molar-refractivity contribution is -0.148. The zero-order valence-corrected chi connectivity index (χ0v) is 22.1. The quantitative estimate of drug-likeness (QED) is 0.527. The summed E-state index contributed by atoms with van der Waals surface area (Å²) in [6.45, 7) is 3.50. The lowest BCUT2D eigenvalue weighted by atomic mass is 9.71. The molecule has 0 unspecified atom stereocenters. The molecule has 38 heavy (non-hydrogen) atoms. The average molecular weight is 523 g/mol. The molecule has 2 aromatic rings. The van der Waals surface area contributed by atoms with Gasteiger partial charge in [-0.3, -0.25) is 14.4 Å². The van der Waals surface area contributed by atoms with E-state index in [4.69, 9.17) is 5.73 Å². The van der Waals surface area contributed by atoms with Crippen LogP contribution in [0.5, 0.6) is 0 Å². The Morgan fingerprint density at radius 1 is 1.18 bits per heavy atom. The fourth-order valence-corrected chi connectivity index (χ4v) is 5.59. The monoisotopic (exact) mass is 522 g/mol. The molecule has 2 aromatic carbocycles. The average Bonchev–Trinajstić information content (AvgIpc) is 3.14. The SMILES string of the molecule is CN1N=C2CCN(C(=O)[C@H](CCc3ccc(CO)cc3F)C(C)(C)C(N)=O)C[C@@]2(Cc2ccccc2)C1=O. The van der Waals surface area contributed by atoms with Crippen LogP contribution in [0.1, 0.15) is 43.4 Å². The van der Waals surface area contributed by atoms with E-state index in [1.165, 1.54) is 11.1 Å². The number of hydrogen-bond donors (Lipinski definition) is 2. The van der Waals surface area contributed by atoms with Gasteiger partial charge in [0.05, 0.1) is 23.7 Å². The Balaban J connectivity index is 1.62. The Hall–Kier alpha value is -3.59. The Bertz CT molecular complexity index is 1260. The molecule has 0 aliphatic carbocycles. The van der Waals surface area contributed by atoms with Gasteiger partial charge in [-0.25, -0.2) is 9.40 Å². The first kappa shape index (κ1) is 27.4. The first-order chi connectivity index (χ1) is 18.0. The number of aliphatic hydroxyl groups excluding tert-OH is 1. The minimum atomic E-state index is -1.20. The van der Waals surface area contributed by atoms with Crippen molar-refractivity contribution in [3.05, 3.63) is 71.0 Å². The number of fused-ring (bicyclic) bond motifs is 1. The molecular formula is C29H35FN4O4. The van der Waals surface area contributed by atoms with Crippen LogP contribution < -0.4 is 5.73 Å². The predicted octanol–water partition coefficient (Wildman–Crippen LogP) is 2.67. The van der Waals surface area contributed by atoms with Crippen molar-refractivity contribution < 1.29 is 23.9 Å². The van der Waals surface area contributed by atoms with Crippen molar-refractivity contribution in [2.45, 2.75) is 46.1 Å². The Morgan fingerprint density at radius 3 is 2.53 bits per heavy atom. The second-order valence-corrected chi connectivity index (χ2v) is 10.9. The van der Waals surface area contributed by atoms with E-state index in [9.17, 15) is 23.9 Å². The molecule has 9 heteroatoms. The highest BCUT2D eigenvalue weighted by atomic mass is 19.1. The van der Waals surface area contributed by atoms with Gasteiger partial charge in [-0.1, -0.05) is 56.3 Å². The van der Waals surface area contributed by atoms with E-state index < -0.39 is 28.5 Å². The molecule has 2 atom stereocenters. The molecule has 0 radical (unpaired) electrons. The standard InChI is InChI=1S/C29H35FN4O4/c1-28(2,26(31)37)22(12-11-21-10-9-20(17-35)15-23(21)30)25(36)34-14-13-24-29(18-34,27(38)33(3)32-24)16-19-7-5-4-6-8-19/h4-10,15,22,35H,11-14,16-18H2,1-3H3,(H2,31,37)/t22-,29+/m0/s1. The van der Waals surface area contributed by atoms with E-state index in [1.54, 1.807) is 37.9 Å². The van der Waals surface area contributed by atoms with E-state index in [0.29, 0.717) is 30.5 Å². The van der Waals surface area contributed by atoms with E-state index in [2.05, 4.69) is 5.10 Å². The third-order valence-electron chi connectivity index (χ3n) is 8.07. The van der Waals surface area contributed by atoms with Gasteiger partial charge < -0.3 is 15.7 Å². The number of halogens is 1. The fraction of sp³-hybridized carbons (Fsp3) is 0.448. The Kier molecular flexibility index (Phi) is 7.69. The summed E-state index contributed by atoms with van der Waals surface area (Å²) in [7, 11) is 1.63. The lowest BCUT2D eigenvalue weighted by Gasteiger charge is -2.42. The van der Waals surface area contributed by atoms with Crippen LogP contribution in [0.25, 0.3) is 0 Å². The molecule has 3 amide bonds. The highest BCUT2D eigenvalue weighted by Crippen LogP contribution is 2.40. The lowest BCUT2D eigenvalue weighted by Crippen LogP contribution is -2.58. The van der Waals surface area contributed by atoms with Gasteiger partial charge in [-0.15, -0.1) is 0 Å². The van der Waals surface area contributed by atoms with Crippen molar-refractivity contribution in [3.8, 4) is 0 Å². The minimum Gasteiger partial charge on any atom is -0.392 e. The summed E-state index contributed by atoms with van der Waals surface area (Å²) >= 11 is 0. The molecule has 1 saturated heterocycles. The van der Waals surface area contributed by atoms with Crippen LogP contribution in [-0.4, -0.2) is 58.6 Å². The maximum atomic E-state index is 14.6. The van der Waals surface area contributed by atoms with Crippen molar-refractivity contribution in [1.82, 2.24) is 9.91 Å². The minimum absolute atomic E-state index is 0.146. The number of hydrazone groups is 1. The number of aliphatic hydroxyl groups is 1. The van der Waals surface area contributed by atoms with E-state index >= 15 is 0 Å². The third-order valence-corrected chi connectivity index (χ3v) is 8.07. The molecule has 0 bridgehead atoms. The molecule has 202 valence electrons. The zero-order chi connectivity index (χ0) is 27.7. The van der Waals surface area contributed by atoms with Gasteiger partial charge in [0, 0.05) is 26.6 Å². The number of primary amides is 1. The first-order valence-electron chi connectivity index (χ1n) is 12.9.